The fraction of sp³-hybridized carbons (Fsp3) is 0.312. The van der Waals surface area contributed by atoms with E-state index in [0.29, 0.717) is 42.2 Å². The lowest BCUT2D eigenvalue weighted by Gasteiger charge is -2.26. The molecule has 0 saturated carbocycles. The maximum atomic E-state index is 13.4. The van der Waals surface area contributed by atoms with Gasteiger partial charge in [0.1, 0.15) is 23.0 Å². The molecule has 4 rings (SSSR count). The minimum Gasteiger partial charge on any atom is -0.507 e. The summed E-state index contributed by atoms with van der Waals surface area (Å²) in [7, 11) is 3.93. The molecule has 0 spiro atoms. The molecule has 1 saturated heterocycles. The zero-order valence-electron chi connectivity index (χ0n) is 23.0. The zero-order chi connectivity index (χ0) is 27.9. The Balaban J connectivity index is 1.76. The summed E-state index contributed by atoms with van der Waals surface area (Å²) < 4.78 is 11.8. The van der Waals surface area contributed by atoms with Crippen LogP contribution in [-0.4, -0.2) is 60.4 Å². The standard InChI is InChI=1S/C32H36N2O5/c1-5-19-38-27-16-15-24(20-22(27)2)30(35)28-29(34(32(37)31(28)36)18-10-17-33(3)4)23-11-9-14-26(21-23)39-25-12-7-6-8-13-25/h6-9,11-16,20-21,29,35H,5,10,17-19H2,1-4H3/t29-/m1/s1. The van der Waals surface area contributed by atoms with E-state index in [1.54, 1.807) is 23.1 Å². The van der Waals surface area contributed by atoms with E-state index in [4.69, 9.17) is 9.47 Å². The van der Waals surface area contributed by atoms with Gasteiger partial charge in [-0.15, -0.1) is 0 Å². The van der Waals surface area contributed by atoms with Crippen molar-refractivity contribution in [2.45, 2.75) is 32.7 Å². The molecule has 1 fully saturated rings. The van der Waals surface area contributed by atoms with Gasteiger partial charge in [-0.05, 0) is 94.0 Å². The van der Waals surface area contributed by atoms with Gasteiger partial charge in [0.25, 0.3) is 11.7 Å². The summed E-state index contributed by atoms with van der Waals surface area (Å²) >= 11 is 0. The molecule has 1 aliphatic heterocycles. The number of benzene rings is 3. The number of aryl methyl sites for hydroxylation is 1. The first-order valence-corrected chi connectivity index (χ1v) is 13.3. The Morgan fingerprint density at radius 3 is 2.41 bits per heavy atom. The topological polar surface area (TPSA) is 79.3 Å². The number of ketones is 1. The fourth-order valence-electron chi connectivity index (χ4n) is 4.71. The summed E-state index contributed by atoms with van der Waals surface area (Å²) in [5, 5.41) is 11.5. The summed E-state index contributed by atoms with van der Waals surface area (Å²) in [5.74, 6) is 0.462. The highest BCUT2D eigenvalue weighted by atomic mass is 16.5. The fourth-order valence-corrected chi connectivity index (χ4v) is 4.71. The molecule has 39 heavy (non-hydrogen) atoms. The van der Waals surface area contributed by atoms with Crippen LogP contribution in [-0.2, 0) is 9.59 Å². The van der Waals surface area contributed by atoms with E-state index in [2.05, 4.69) is 0 Å². The van der Waals surface area contributed by atoms with E-state index >= 15 is 0 Å². The molecule has 1 heterocycles. The number of aliphatic hydroxyl groups excluding tert-OH is 1. The first-order chi connectivity index (χ1) is 18.8. The van der Waals surface area contributed by atoms with Crippen LogP contribution in [0.2, 0.25) is 0 Å². The lowest BCUT2D eigenvalue weighted by molar-refractivity contribution is -0.139. The summed E-state index contributed by atoms with van der Waals surface area (Å²) in [5.41, 5.74) is 2.06. The maximum Gasteiger partial charge on any atom is 0.295 e. The third kappa shape index (κ3) is 6.49. The van der Waals surface area contributed by atoms with Gasteiger partial charge >= 0.3 is 0 Å². The Morgan fingerprint density at radius 2 is 1.72 bits per heavy atom. The Kier molecular flexibility index (Phi) is 9.04. The minimum atomic E-state index is -0.747. The highest BCUT2D eigenvalue weighted by molar-refractivity contribution is 6.46. The molecule has 0 radical (unpaired) electrons. The average molecular weight is 529 g/mol. The molecule has 0 unspecified atom stereocenters. The van der Waals surface area contributed by atoms with Crippen molar-refractivity contribution in [1.29, 1.82) is 0 Å². The molecular formula is C32H36N2O5. The molecule has 7 heteroatoms. The van der Waals surface area contributed by atoms with E-state index in [-0.39, 0.29) is 11.3 Å². The van der Waals surface area contributed by atoms with Crippen molar-refractivity contribution >= 4 is 17.4 Å². The molecule has 1 aliphatic rings. The number of rotatable bonds is 11. The molecule has 3 aromatic carbocycles. The second-order valence-electron chi connectivity index (χ2n) is 9.97. The molecule has 0 aromatic heterocycles. The number of hydrogen-bond acceptors (Lipinski definition) is 6. The van der Waals surface area contributed by atoms with Crippen molar-refractivity contribution in [3.8, 4) is 17.2 Å². The first-order valence-electron chi connectivity index (χ1n) is 13.3. The lowest BCUT2D eigenvalue weighted by Crippen LogP contribution is -2.32. The summed E-state index contributed by atoms with van der Waals surface area (Å²) in [6.45, 7) is 5.64. The Morgan fingerprint density at radius 1 is 0.974 bits per heavy atom. The van der Waals surface area contributed by atoms with E-state index in [0.717, 1.165) is 24.3 Å². The first kappa shape index (κ1) is 27.9. The number of aliphatic hydroxyl groups is 1. The number of ether oxygens (including phenoxy) is 2. The largest absolute Gasteiger partial charge is 0.507 e. The van der Waals surface area contributed by atoms with Crippen LogP contribution in [0.5, 0.6) is 17.2 Å². The SMILES string of the molecule is CCCOc1ccc(C(O)=C2C(=O)C(=O)N(CCCN(C)C)[C@@H]2c2cccc(Oc3ccccc3)c2)cc1C. The highest BCUT2D eigenvalue weighted by Crippen LogP contribution is 2.41. The third-order valence-electron chi connectivity index (χ3n) is 6.61. The second-order valence-corrected chi connectivity index (χ2v) is 9.97. The molecule has 204 valence electrons. The van der Waals surface area contributed by atoms with Crippen molar-refractivity contribution in [3.05, 3.63) is 95.1 Å². The van der Waals surface area contributed by atoms with Crippen LogP contribution in [0, 0.1) is 6.92 Å². The predicted octanol–water partition coefficient (Wildman–Crippen LogP) is 5.95. The number of carbonyl (C=O) groups excluding carboxylic acids is 2. The van der Waals surface area contributed by atoms with Crippen LogP contribution in [0.15, 0.2) is 78.4 Å². The van der Waals surface area contributed by atoms with Gasteiger partial charge in [-0.25, -0.2) is 0 Å². The molecule has 1 N–H and O–H groups in total. The summed E-state index contributed by atoms with van der Waals surface area (Å²) in [6.07, 6.45) is 1.56. The van der Waals surface area contributed by atoms with Crippen LogP contribution < -0.4 is 9.47 Å². The zero-order valence-corrected chi connectivity index (χ0v) is 23.0. The van der Waals surface area contributed by atoms with E-state index in [9.17, 15) is 14.7 Å². The Hall–Kier alpha value is -4.10. The van der Waals surface area contributed by atoms with Gasteiger partial charge in [0.2, 0.25) is 0 Å². The molecule has 1 atom stereocenters. The molecule has 3 aromatic rings. The number of para-hydroxylation sites is 1. The number of carbonyl (C=O) groups is 2. The van der Waals surface area contributed by atoms with Crippen LogP contribution in [0.3, 0.4) is 0 Å². The molecule has 7 nitrogen and oxygen atoms in total. The van der Waals surface area contributed by atoms with Crippen LogP contribution in [0.25, 0.3) is 5.76 Å². The van der Waals surface area contributed by atoms with Gasteiger partial charge in [-0.1, -0.05) is 37.3 Å². The Bertz CT molecular complexity index is 1350. The number of nitrogens with zero attached hydrogens (tertiary/aromatic N) is 2. The van der Waals surface area contributed by atoms with Crippen molar-refractivity contribution in [2.75, 3.05) is 33.8 Å². The highest BCUT2D eigenvalue weighted by Gasteiger charge is 2.46. The summed E-state index contributed by atoms with van der Waals surface area (Å²) in [4.78, 5) is 30.3. The third-order valence-corrected chi connectivity index (χ3v) is 6.61. The quantitative estimate of drug-likeness (QED) is 0.188. The second kappa shape index (κ2) is 12.6. The van der Waals surface area contributed by atoms with Crippen molar-refractivity contribution in [3.63, 3.8) is 0 Å². The van der Waals surface area contributed by atoms with Gasteiger partial charge in [-0.2, -0.15) is 0 Å². The monoisotopic (exact) mass is 528 g/mol. The Labute approximate surface area is 230 Å². The minimum absolute atomic E-state index is 0.0725. The smallest absolute Gasteiger partial charge is 0.295 e. The van der Waals surface area contributed by atoms with Crippen molar-refractivity contribution in [2.24, 2.45) is 0 Å². The average Bonchev–Trinajstić information content (AvgIpc) is 3.17. The molecule has 1 amide bonds. The van der Waals surface area contributed by atoms with Gasteiger partial charge in [0.15, 0.2) is 0 Å². The normalized spacial score (nSPS) is 16.6. The number of hydrogen-bond donors (Lipinski definition) is 1. The number of likely N-dealkylation sites (tertiary alicyclic amines) is 1. The van der Waals surface area contributed by atoms with Gasteiger partial charge in [0.05, 0.1) is 18.2 Å². The maximum absolute atomic E-state index is 13.4. The van der Waals surface area contributed by atoms with Crippen LogP contribution in [0.1, 0.15) is 42.5 Å². The van der Waals surface area contributed by atoms with Crippen molar-refractivity contribution in [1.82, 2.24) is 9.80 Å². The van der Waals surface area contributed by atoms with Crippen LogP contribution >= 0.6 is 0 Å². The van der Waals surface area contributed by atoms with E-state index < -0.39 is 17.7 Å². The van der Waals surface area contributed by atoms with Gasteiger partial charge < -0.3 is 24.4 Å². The van der Waals surface area contributed by atoms with Gasteiger partial charge in [0, 0.05) is 12.1 Å². The van der Waals surface area contributed by atoms with E-state index in [1.807, 2.05) is 87.4 Å². The number of Topliss-reactive ketones (excluding diaryl/α,β-unsaturated/α-hetero) is 1. The van der Waals surface area contributed by atoms with Gasteiger partial charge in [-0.3, -0.25) is 9.59 Å². The molecular weight excluding hydrogens is 492 g/mol. The lowest BCUT2D eigenvalue weighted by atomic mass is 9.94. The van der Waals surface area contributed by atoms with Crippen molar-refractivity contribution < 1.29 is 24.2 Å². The number of amides is 1. The molecule has 0 bridgehead atoms. The summed E-state index contributed by atoms with van der Waals surface area (Å²) in [6, 6.07) is 21.3. The van der Waals surface area contributed by atoms with E-state index in [1.165, 1.54) is 0 Å². The predicted molar refractivity (Wildman–Crippen MR) is 152 cm³/mol. The molecule has 0 aliphatic carbocycles. The van der Waals surface area contributed by atoms with Crippen LogP contribution in [0.4, 0.5) is 0 Å².